The molecule has 13 heteroatoms. The highest BCUT2D eigenvalue weighted by molar-refractivity contribution is 7.90. The third kappa shape index (κ3) is 8.46. The summed E-state index contributed by atoms with van der Waals surface area (Å²) >= 11 is 0. The summed E-state index contributed by atoms with van der Waals surface area (Å²) in [7, 11) is -1.03. The highest BCUT2D eigenvalue weighted by Gasteiger charge is 2.34. The Morgan fingerprint density at radius 2 is 1.77 bits per heavy atom. The van der Waals surface area contributed by atoms with Crippen LogP contribution in [0.4, 0.5) is 5.95 Å². The predicted molar refractivity (Wildman–Crippen MR) is 184 cm³/mol. The second kappa shape index (κ2) is 15.2. The van der Waals surface area contributed by atoms with Gasteiger partial charge < -0.3 is 24.3 Å². The largest absolute Gasteiger partial charge is 0.493 e. The number of likely N-dealkylation sites (N-methyl/N-ethyl adjacent to an activating group) is 1. The van der Waals surface area contributed by atoms with Crippen LogP contribution in [0.3, 0.4) is 0 Å². The van der Waals surface area contributed by atoms with Gasteiger partial charge in [0.25, 0.3) is 0 Å². The number of piperidine rings is 2. The van der Waals surface area contributed by atoms with E-state index in [9.17, 15) is 18.0 Å². The molecule has 260 valence electrons. The quantitative estimate of drug-likeness (QED) is 0.232. The fraction of sp³-hybridized carbons (Fsp3) is 0.600. The maximum Gasteiger partial charge on any atom is 0.323 e. The van der Waals surface area contributed by atoms with E-state index in [0.717, 1.165) is 68.2 Å². The van der Waals surface area contributed by atoms with Crippen LogP contribution >= 0.6 is 0 Å². The zero-order chi connectivity index (χ0) is 33.7. The number of nitrogens with zero attached hydrogens (tertiary/aromatic N) is 5. The maximum absolute atomic E-state index is 13.4. The predicted octanol–water partition coefficient (Wildman–Crippen LogP) is 4.22. The van der Waals surface area contributed by atoms with Gasteiger partial charge in [-0.25, -0.2) is 13.4 Å². The van der Waals surface area contributed by atoms with E-state index in [0.29, 0.717) is 50.7 Å². The van der Waals surface area contributed by atoms with E-state index in [1.807, 2.05) is 53.0 Å². The summed E-state index contributed by atoms with van der Waals surface area (Å²) in [6, 6.07) is 9.68. The minimum atomic E-state index is -3.02. The number of esters is 1. The molecule has 3 aromatic rings. The number of sulfone groups is 1. The van der Waals surface area contributed by atoms with Crippen molar-refractivity contribution in [1.82, 2.24) is 24.3 Å². The zero-order valence-corrected chi connectivity index (χ0v) is 28.9. The van der Waals surface area contributed by atoms with Crippen LogP contribution in [0.25, 0.3) is 16.7 Å². The lowest BCUT2D eigenvalue weighted by molar-refractivity contribution is -0.159. The van der Waals surface area contributed by atoms with Gasteiger partial charge in [-0.2, -0.15) is 4.98 Å². The van der Waals surface area contributed by atoms with E-state index in [4.69, 9.17) is 14.5 Å². The fourth-order valence-electron chi connectivity index (χ4n) is 7.26. The lowest BCUT2D eigenvalue weighted by Crippen LogP contribution is -2.47. The monoisotopic (exact) mass is 680 g/mol. The van der Waals surface area contributed by atoms with Crippen LogP contribution in [0.1, 0.15) is 64.2 Å². The van der Waals surface area contributed by atoms with Gasteiger partial charge in [0.2, 0.25) is 11.9 Å². The summed E-state index contributed by atoms with van der Waals surface area (Å²) in [5.74, 6) is 2.20. The molecule has 3 aliphatic rings. The molecule has 1 aromatic carbocycles. The van der Waals surface area contributed by atoms with Crippen molar-refractivity contribution in [2.45, 2.75) is 82.4 Å². The van der Waals surface area contributed by atoms with Crippen molar-refractivity contribution < 1.29 is 27.5 Å². The number of carbonyl (C=O) groups is 2. The maximum atomic E-state index is 13.4. The molecule has 1 saturated carbocycles. The molecule has 1 amide bonds. The van der Waals surface area contributed by atoms with Gasteiger partial charge in [-0.3, -0.25) is 14.5 Å². The second-order valence-electron chi connectivity index (χ2n) is 13.6. The summed E-state index contributed by atoms with van der Waals surface area (Å²) in [5.41, 5.74) is 0.929. The van der Waals surface area contributed by atoms with E-state index in [-0.39, 0.29) is 41.7 Å². The average Bonchev–Trinajstić information content (AvgIpc) is 3.52. The number of aromatic nitrogens is 3. The Morgan fingerprint density at radius 1 is 0.979 bits per heavy atom. The molecule has 2 aliphatic heterocycles. The van der Waals surface area contributed by atoms with Gasteiger partial charge in [-0.05, 0) is 82.8 Å². The standard InChI is InChI=1S/C35H48N6O6S/c1-39-19-4-3-7-30(39)34(43)47-27-15-20-40(21-16-27)33(42)25-10-12-26(13-11-25)37-35-36-18-14-32(38-35)41-22-17-28-29(41)8-5-9-31(28)46-23-6-24-48(2,44)45/h5,8-9,14,17-18,22,25-27,30H,3-4,6-7,10-13,15-16,19-21,23-24H2,1-2H3,(H,36,37,38). The van der Waals surface area contributed by atoms with E-state index in [2.05, 4.69) is 15.2 Å². The molecule has 1 N–H and O–H groups in total. The van der Waals surface area contributed by atoms with E-state index < -0.39 is 9.84 Å². The number of rotatable bonds is 11. The SMILES string of the molecule is CN1CCCCC1C(=O)OC1CCN(C(=O)C2CCC(Nc3nccc(-n4ccc5c(OCCCS(C)(=O)=O)cccc54)n3)CC2)CC1. The van der Waals surface area contributed by atoms with Crippen molar-refractivity contribution in [1.29, 1.82) is 0 Å². The summed E-state index contributed by atoms with van der Waals surface area (Å²) in [5, 5.41) is 4.42. The first-order valence-corrected chi connectivity index (χ1v) is 19.4. The Hall–Kier alpha value is -3.71. The lowest BCUT2D eigenvalue weighted by atomic mass is 9.85. The molecule has 3 fully saturated rings. The molecule has 1 aliphatic carbocycles. The number of hydrogen-bond donors (Lipinski definition) is 1. The van der Waals surface area contributed by atoms with Crippen molar-refractivity contribution in [3.05, 3.63) is 42.7 Å². The minimum Gasteiger partial charge on any atom is -0.493 e. The zero-order valence-electron chi connectivity index (χ0n) is 28.1. The molecule has 0 bridgehead atoms. The molecule has 12 nitrogen and oxygen atoms in total. The van der Waals surface area contributed by atoms with Crippen LogP contribution in [-0.2, 0) is 24.2 Å². The Kier molecular flexibility index (Phi) is 10.8. The van der Waals surface area contributed by atoms with Gasteiger partial charge in [0.05, 0.1) is 17.9 Å². The third-order valence-electron chi connectivity index (χ3n) is 9.99. The molecule has 6 rings (SSSR count). The van der Waals surface area contributed by atoms with E-state index in [1.165, 1.54) is 6.26 Å². The molecular weight excluding hydrogens is 632 g/mol. The van der Waals surface area contributed by atoms with Gasteiger partial charge in [0.1, 0.15) is 33.6 Å². The highest BCUT2D eigenvalue weighted by Crippen LogP contribution is 2.31. The Bertz CT molecular complexity index is 1680. The summed E-state index contributed by atoms with van der Waals surface area (Å²) in [6.07, 6.45) is 13.1. The Labute approximate surface area is 283 Å². The van der Waals surface area contributed by atoms with Gasteiger partial charge >= 0.3 is 5.97 Å². The number of ether oxygens (including phenoxy) is 2. The number of hydrogen-bond acceptors (Lipinski definition) is 10. The Balaban J connectivity index is 0.975. The number of likely N-dealkylation sites (tertiary alicyclic amines) is 2. The average molecular weight is 681 g/mol. The first-order valence-electron chi connectivity index (χ1n) is 17.3. The molecule has 2 aromatic heterocycles. The number of nitrogens with one attached hydrogen (secondary N) is 1. The molecule has 2 saturated heterocycles. The number of amides is 1. The number of fused-ring (bicyclic) bond motifs is 1. The van der Waals surface area contributed by atoms with Crippen molar-refractivity contribution in [2.24, 2.45) is 5.92 Å². The van der Waals surface area contributed by atoms with Crippen LogP contribution in [0.2, 0.25) is 0 Å². The number of carbonyl (C=O) groups excluding carboxylic acids is 2. The molecular formula is C35H48N6O6S. The summed E-state index contributed by atoms with van der Waals surface area (Å²) < 4.78 is 36.7. The van der Waals surface area contributed by atoms with Crippen molar-refractivity contribution >= 4 is 38.6 Å². The normalized spacial score (nSPS) is 22.8. The highest BCUT2D eigenvalue weighted by atomic mass is 32.2. The van der Waals surface area contributed by atoms with E-state index in [1.54, 1.807) is 6.20 Å². The van der Waals surface area contributed by atoms with Crippen LogP contribution in [0, 0.1) is 5.92 Å². The van der Waals surface area contributed by atoms with Gasteiger partial charge in [0.15, 0.2) is 0 Å². The van der Waals surface area contributed by atoms with Gasteiger partial charge in [-0.1, -0.05) is 12.5 Å². The molecule has 0 spiro atoms. The third-order valence-corrected chi connectivity index (χ3v) is 11.0. The molecule has 1 atom stereocenters. The molecule has 48 heavy (non-hydrogen) atoms. The first kappa shape index (κ1) is 34.2. The van der Waals surface area contributed by atoms with Crippen molar-refractivity contribution in [3.63, 3.8) is 0 Å². The number of benzene rings is 1. The Morgan fingerprint density at radius 3 is 2.52 bits per heavy atom. The number of anilines is 1. The van der Waals surface area contributed by atoms with Crippen LogP contribution in [0.5, 0.6) is 5.75 Å². The second-order valence-corrected chi connectivity index (χ2v) is 15.9. The fourth-order valence-corrected chi connectivity index (χ4v) is 7.90. The first-order chi connectivity index (χ1) is 23.1. The minimum absolute atomic E-state index is 0.0133. The molecule has 4 heterocycles. The topological polar surface area (TPSA) is 136 Å². The molecule has 0 radical (unpaired) electrons. The van der Waals surface area contributed by atoms with Gasteiger partial charge in [-0.15, -0.1) is 0 Å². The van der Waals surface area contributed by atoms with Crippen molar-refractivity contribution in [3.8, 4) is 11.6 Å². The van der Waals surface area contributed by atoms with Crippen molar-refractivity contribution in [2.75, 3.05) is 50.6 Å². The van der Waals surface area contributed by atoms with Crippen LogP contribution < -0.4 is 10.1 Å². The lowest BCUT2D eigenvalue weighted by Gasteiger charge is -2.37. The van der Waals surface area contributed by atoms with Crippen LogP contribution in [0.15, 0.2) is 42.7 Å². The molecule has 1 unspecified atom stereocenters. The summed E-state index contributed by atoms with van der Waals surface area (Å²) in [4.78, 5) is 39.5. The van der Waals surface area contributed by atoms with E-state index >= 15 is 0 Å². The smallest absolute Gasteiger partial charge is 0.323 e. The van der Waals surface area contributed by atoms with Gasteiger partial charge in [0, 0.05) is 61.9 Å². The summed E-state index contributed by atoms with van der Waals surface area (Å²) in [6.45, 7) is 2.54. The van der Waals surface area contributed by atoms with Crippen LogP contribution in [-0.4, -0.2) is 108 Å².